The van der Waals surface area contributed by atoms with Crippen molar-refractivity contribution in [1.82, 2.24) is 0 Å². The second-order valence-electron chi connectivity index (χ2n) is 6.15. The maximum absolute atomic E-state index is 12.2. The van der Waals surface area contributed by atoms with Gasteiger partial charge in [0.25, 0.3) is 0 Å². The van der Waals surface area contributed by atoms with E-state index >= 15 is 0 Å². The van der Waals surface area contributed by atoms with Crippen molar-refractivity contribution >= 4 is 23.4 Å². The molecule has 0 radical (unpaired) electrons. The number of hydrogen-bond acceptors (Lipinski definition) is 5. The Kier molecular flexibility index (Phi) is 6.87. The van der Waals surface area contributed by atoms with Crippen LogP contribution < -0.4 is 9.47 Å². The summed E-state index contributed by atoms with van der Waals surface area (Å²) in [6.07, 6.45) is 0. The van der Waals surface area contributed by atoms with Gasteiger partial charge in [0.2, 0.25) is 0 Å². The molecule has 0 aromatic heterocycles. The average Bonchev–Trinajstić information content (AvgIpc) is 2.76. The van der Waals surface area contributed by atoms with Crippen LogP contribution in [0.5, 0.6) is 11.5 Å². The summed E-state index contributed by atoms with van der Waals surface area (Å²) < 4.78 is 15.8. The molecule has 0 N–H and O–H groups in total. The molecular weight excluding hydrogens is 392 g/mol. The Labute approximate surface area is 173 Å². The van der Waals surface area contributed by atoms with Crippen LogP contribution in [-0.2, 0) is 11.3 Å². The zero-order valence-electron chi connectivity index (χ0n) is 15.8. The third kappa shape index (κ3) is 5.59. The van der Waals surface area contributed by atoms with E-state index in [1.54, 1.807) is 36.4 Å². The summed E-state index contributed by atoms with van der Waals surface area (Å²) >= 11 is 6.01. The Morgan fingerprint density at radius 1 is 0.897 bits per heavy atom. The number of carbonyl (C=O) groups excluding carboxylic acids is 2. The van der Waals surface area contributed by atoms with Gasteiger partial charge < -0.3 is 14.2 Å². The van der Waals surface area contributed by atoms with E-state index in [4.69, 9.17) is 25.8 Å². The fourth-order valence-electron chi connectivity index (χ4n) is 2.57. The lowest BCUT2D eigenvalue weighted by atomic mass is 10.1. The molecule has 0 aliphatic heterocycles. The van der Waals surface area contributed by atoms with Crippen LogP contribution >= 0.6 is 11.6 Å². The van der Waals surface area contributed by atoms with Gasteiger partial charge in [-0.05, 0) is 48.0 Å². The number of halogens is 1. The van der Waals surface area contributed by atoms with Crippen molar-refractivity contribution in [3.8, 4) is 11.5 Å². The number of ketones is 1. The van der Waals surface area contributed by atoms with Crippen LogP contribution in [-0.4, -0.2) is 25.5 Å². The van der Waals surface area contributed by atoms with Crippen LogP contribution in [0.1, 0.15) is 26.3 Å². The predicted octanol–water partition coefficient (Wildman–Crippen LogP) is 4.97. The summed E-state index contributed by atoms with van der Waals surface area (Å²) in [5, 5.41) is 0.316. The summed E-state index contributed by atoms with van der Waals surface area (Å²) in [6.45, 7) is 0.0529. The number of methoxy groups -OCH3 is 1. The van der Waals surface area contributed by atoms with Crippen LogP contribution in [0.4, 0.5) is 0 Å². The summed E-state index contributed by atoms with van der Waals surface area (Å²) in [5.41, 5.74) is 1.72. The van der Waals surface area contributed by atoms with Gasteiger partial charge in [-0.25, -0.2) is 4.79 Å². The minimum atomic E-state index is -0.590. The van der Waals surface area contributed by atoms with Crippen LogP contribution in [0.25, 0.3) is 0 Å². The molecule has 3 rings (SSSR count). The first-order valence-corrected chi connectivity index (χ1v) is 9.25. The highest BCUT2D eigenvalue weighted by Crippen LogP contribution is 2.25. The predicted molar refractivity (Wildman–Crippen MR) is 110 cm³/mol. The number of rotatable bonds is 8. The molecule has 0 spiro atoms. The Balaban J connectivity index is 1.52. The smallest absolute Gasteiger partial charge is 0.338 e. The van der Waals surface area contributed by atoms with Crippen molar-refractivity contribution in [2.75, 3.05) is 13.7 Å². The van der Waals surface area contributed by atoms with Gasteiger partial charge in [0.15, 0.2) is 12.4 Å². The van der Waals surface area contributed by atoms with Gasteiger partial charge in [0.1, 0.15) is 18.1 Å². The molecule has 0 saturated heterocycles. The molecule has 0 atom stereocenters. The van der Waals surface area contributed by atoms with E-state index in [2.05, 4.69) is 0 Å². The van der Waals surface area contributed by atoms with Gasteiger partial charge in [-0.1, -0.05) is 41.9 Å². The molecule has 148 valence electrons. The van der Waals surface area contributed by atoms with Crippen LogP contribution in [0.2, 0.25) is 5.02 Å². The summed E-state index contributed by atoms with van der Waals surface area (Å²) in [6, 6.07) is 21.0. The summed E-state index contributed by atoms with van der Waals surface area (Å²) in [7, 11) is 1.49. The molecule has 3 aromatic rings. The number of Topliss-reactive ketones (excluding diaryl/α,β-unsaturated/α-hetero) is 1. The van der Waals surface area contributed by atoms with Crippen molar-refractivity contribution in [2.45, 2.75) is 6.61 Å². The van der Waals surface area contributed by atoms with Crippen LogP contribution in [0, 0.1) is 0 Å². The molecular formula is C23H19ClO5. The van der Waals surface area contributed by atoms with E-state index in [0.29, 0.717) is 34.3 Å². The van der Waals surface area contributed by atoms with Crippen molar-refractivity contribution in [1.29, 1.82) is 0 Å². The molecule has 0 fully saturated rings. The number of carbonyl (C=O) groups is 2. The maximum atomic E-state index is 12.2. The first-order chi connectivity index (χ1) is 14.1. The molecule has 0 amide bonds. The quantitative estimate of drug-likeness (QED) is 0.387. The van der Waals surface area contributed by atoms with Crippen molar-refractivity contribution in [3.63, 3.8) is 0 Å². The van der Waals surface area contributed by atoms with Crippen molar-refractivity contribution < 1.29 is 23.8 Å². The van der Waals surface area contributed by atoms with E-state index < -0.39 is 5.97 Å². The van der Waals surface area contributed by atoms with Crippen molar-refractivity contribution in [2.24, 2.45) is 0 Å². The highest BCUT2D eigenvalue weighted by molar-refractivity contribution is 6.32. The zero-order chi connectivity index (χ0) is 20.6. The molecule has 0 aliphatic rings. The highest BCUT2D eigenvalue weighted by Gasteiger charge is 2.13. The lowest BCUT2D eigenvalue weighted by molar-refractivity contribution is 0.0474. The van der Waals surface area contributed by atoms with Crippen molar-refractivity contribution in [3.05, 3.63) is 94.5 Å². The zero-order valence-corrected chi connectivity index (χ0v) is 16.5. The molecule has 0 heterocycles. The van der Waals surface area contributed by atoms with E-state index in [-0.39, 0.29) is 12.4 Å². The minimum absolute atomic E-state index is 0.316. The van der Waals surface area contributed by atoms with Gasteiger partial charge in [-0.3, -0.25) is 4.79 Å². The number of benzene rings is 3. The van der Waals surface area contributed by atoms with Gasteiger partial charge >= 0.3 is 5.97 Å². The summed E-state index contributed by atoms with van der Waals surface area (Å²) in [4.78, 5) is 24.4. The van der Waals surface area contributed by atoms with Crippen LogP contribution in [0.15, 0.2) is 72.8 Å². The monoisotopic (exact) mass is 410 g/mol. The summed E-state index contributed by atoms with van der Waals surface area (Å²) in [5.74, 6) is 0.155. The van der Waals surface area contributed by atoms with Gasteiger partial charge in [-0.2, -0.15) is 0 Å². The highest BCUT2D eigenvalue weighted by atomic mass is 35.5. The Hall–Kier alpha value is -3.31. The number of hydrogen-bond donors (Lipinski definition) is 0. The van der Waals surface area contributed by atoms with E-state index in [1.807, 2.05) is 30.3 Å². The van der Waals surface area contributed by atoms with Gasteiger partial charge in [-0.15, -0.1) is 0 Å². The second-order valence-corrected chi connectivity index (χ2v) is 6.55. The molecule has 5 nitrogen and oxygen atoms in total. The number of esters is 1. The SMILES string of the molecule is COc1ccc(C(=O)COC(=O)c2ccc(OCc3ccccc3)cc2)cc1Cl. The topological polar surface area (TPSA) is 61.8 Å². The largest absolute Gasteiger partial charge is 0.495 e. The lowest BCUT2D eigenvalue weighted by Crippen LogP contribution is -2.14. The fourth-order valence-corrected chi connectivity index (χ4v) is 2.82. The average molecular weight is 411 g/mol. The molecule has 6 heteroatoms. The third-order valence-corrected chi connectivity index (χ3v) is 4.44. The molecule has 0 saturated carbocycles. The van der Waals surface area contributed by atoms with Gasteiger partial charge in [0.05, 0.1) is 17.7 Å². The molecule has 0 unspecified atom stereocenters. The molecule has 0 bridgehead atoms. The minimum Gasteiger partial charge on any atom is -0.495 e. The molecule has 3 aromatic carbocycles. The fraction of sp³-hybridized carbons (Fsp3) is 0.130. The van der Waals surface area contributed by atoms with E-state index in [0.717, 1.165) is 5.56 Å². The Bertz CT molecular complexity index is 984. The van der Waals surface area contributed by atoms with Gasteiger partial charge in [0, 0.05) is 5.56 Å². The normalized spacial score (nSPS) is 10.3. The van der Waals surface area contributed by atoms with Crippen LogP contribution in [0.3, 0.4) is 0 Å². The Morgan fingerprint density at radius 2 is 1.59 bits per heavy atom. The second kappa shape index (κ2) is 9.75. The maximum Gasteiger partial charge on any atom is 0.338 e. The molecule has 0 aliphatic carbocycles. The Morgan fingerprint density at radius 3 is 2.24 bits per heavy atom. The van der Waals surface area contributed by atoms with E-state index in [1.165, 1.54) is 13.2 Å². The standard InChI is InChI=1S/C23H19ClO5/c1-27-22-12-9-18(13-20(22)24)21(25)15-29-23(26)17-7-10-19(11-8-17)28-14-16-5-3-2-4-6-16/h2-13H,14-15H2,1H3. The third-order valence-electron chi connectivity index (χ3n) is 4.15. The van der Waals surface area contributed by atoms with E-state index in [9.17, 15) is 9.59 Å². The lowest BCUT2D eigenvalue weighted by Gasteiger charge is -2.08. The molecule has 29 heavy (non-hydrogen) atoms. The first kappa shape index (κ1) is 20.4. The number of ether oxygens (including phenoxy) is 3. The first-order valence-electron chi connectivity index (χ1n) is 8.87.